The maximum Gasteiger partial charge on any atom is 0.253 e. The van der Waals surface area contributed by atoms with E-state index in [1.807, 2.05) is 32.9 Å². The van der Waals surface area contributed by atoms with Crippen molar-refractivity contribution in [3.8, 4) is 0 Å². The highest BCUT2D eigenvalue weighted by Crippen LogP contribution is 2.17. The van der Waals surface area contributed by atoms with Gasteiger partial charge in [-0.2, -0.15) is 0 Å². The van der Waals surface area contributed by atoms with Crippen molar-refractivity contribution in [2.45, 2.75) is 20.8 Å². The average molecular weight is 265 g/mol. The van der Waals surface area contributed by atoms with Crippen molar-refractivity contribution in [1.29, 1.82) is 0 Å². The molecule has 1 rings (SSSR count). The van der Waals surface area contributed by atoms with Crippen molar-refractivity contribution in [1.82, 2.24) is 4.90 Å². The standard InChI is InChI=1S/C13H19N3OS/c1-4-16(5-2)12(17)10-6-7-11(9(3)8-10)15-13(14)18/h6-8H,4-5H2,1-3H3,(H3,14,15,18). The Morgan fingerprint density at radius 1 is 1.39 bits per heavy atom. The summed E-state index contributed by atoms with van der Waals surface area (Å²) in [6.45, 7) is 7.27. The van der Waals surface area contributed by atoms with Gasteiger partial charge in [0, 0.05) is 24.3 Å². The summed E-state index contributed by atoms with van der Waals surface area (Å²) < 4.78 is 0. The maximum atomic E-state index is 12.1. The Bertz CT molecular complexity index is 456. The fourth-order valence-corrected chi connectivity index (χ4v) is 1.87. The molecule has 0 spiro atoms. The lowest BCUT2D eigenvalue weighted by Crippen LogP contribution is -2.30. The first-order chi connectivity index (χ1) is 8.49. The summed E-state index contributed by atoms with van der Waals surface area (Å²) in [4.78, 5) is 13.9. The molecule has 1 amide bonds. The van der Waals surface area contributed by atoms with Gasteiger partial charge in [-0.1, -0.05) is 0 Å². The molecule has 0 atom stereocenters. The molecule has 0 saturated carbocycles. The molecule has 1 aromatic carbocycles. The number of hydrogen-bond donors (Lipinski definition) is 2. The molecule has 5 heteroatoms. The minimum atomic E-state index is 0.0463. The zero-order valence-corrected chi connectivity index (χ0v) is 11.8. The van der Waals surface area contributed by atoms with Crippen LogP contribution < -0.4 is 11.1 Å². The summed E-state index contributed by atoms with van der Waals surface area (Å²) in [5.74, 6) is 0.0463. The highest BCUT2D eigenvalue weighted by Gasteiger charge is 2.13. The van der Waals surface area contributed by atoms with Crippen LogP contribution in [0.4, 0.5) is 5.69 Å². The predicted molar refractivity (Wildman–Crippen MR) is 78.8 cm³/mol. The third-order valence-electron chi connectivity index (χ3n) is 2.78. The molecular formula is C13H19N3OS. The lowest BCUT2D eigenvalue weighted by atomic mass is 10.1. The summed E-state index contributed by atoms with van der Waals surface area (Å²) in [5, 5.41) is 3.10. The number of carbonyl (C=O) groups excluding carboxylic acids is 1. The number of nitrogens with two attached hydrogens (primary N) is 1. The van der Waals surface area contributed by atoms with Crippen LogP contribution in [-0.4, -0.2) is 29.0 Å². The molecule has 0 aliphatic rings. The Hall–Kier alpha value is -1.62. The maximum absolute atomic E-state index is 12.1. The number of benzene rings is 1. The van der Waals surface area contributed by atoms with Gasteiger partial charge in [-0.05, 0) is 56.8 Å². The summed E-state index contributed by atoms with van der Waals surface area (Å²) >= 11 is 4.79. The zero-order valence-electron chi connectivity index (χ0n) is 11.0. The number of anilines is 1. The van der Waals surface area contributed by atoms with Gasteiger partial charge < -0.3 is 16.0 Å². The van der Waals surface area contributed by atoms with E-state index in [1.54, 1.807) is 11.0 Å². The van der Waals surface area contributed by atoms with Gasteiger partial charge >= 0.3 is 0 Å². The van der Waals surface area contributed by atoms with E-state index in [0.29, 0.717) is 18.7 Å². The summed E-state index contributed by atoms with van der Waals surface area (Å²) in [5.41, 5.74) is 7.89. The van der Waals surface area contributed by atoms with Gasteiger partial charge in [-0.3, -0.25) is 4.79 Å². The third kappa shape index (κ3) is 3.43. The van der Waals surface area contributed by atoms with E-state index in [0.717, 1.165) is 11.3 Å². The van der Waals surface area contributed by atoms with Crippen LogP contribution in [0.1, 0.15) is 29.8 Å². The van der Waals surface area contributed by atoms with Crippen LogP contribution in [0.25, 0.3) is 0 Å². The van der Waals surface area contributed by atoms with E-state index in [1.165, 1.54) is 0 Å². The quantitative estimate of drug-likeness (QED) is 0.819. The smallest absolute Gasteiger partial charge is 0.253 e. The van der Waals surface area contributed by atoms with Gasteiger partial charge in [0.05, 0.1) is 0 Å². The van der Waals surface area contributed by atoms with Crippen LogP contribution >= 0.6 is 12.2 Å². The molecule has 0 radical (unpaired) electrons. The predicted octanol–water partition coefficient (Wildman–Crippen LogP) is 2.13. The van der Waals surface area contributed by atoms with Crippen molar-refractivity contribution >= 4 is 28.9 Å². The molecule has 98 valence electrons. The number of nitrogens with zero attached hydrogens (tertiary/aromatic N) is 1. The molecule has 4 nitrogen and oxygen atoms in total. The van der Waals surface area contributed by atoms with Gasteiger partial charge in [-0.25, -0.2) is 0 Å². The lowest BCUT2D eigenvalue weighted by Gasteiger charge is -2.19. The van der Waals surface area contributed by atoms with Crippen molar-refractivity contribution in [2.24, 2.45) is 5.73 Å². The first-order valence-corrected chi connectivity index (χ1v) is 6.36. The largest absolute Gasteiger partial charge is 0.376 e. The van der Waals surface area contributed by atoms with Crippen LogP contribution in [0.5, 0.6) is 0 Å². The summed E-state index contributed by atoms with van der Waals surface area (Å²) in [7, 11) is 0. The highest BCUT2D eigenvalue weighted by molar-refractivity contribution is 7.80. The van der Waals surface area contributed by atoms with E-state index in [2.05, 4.69) is 5.32 Å². The Morgan fingerprint density at radius 3 is 2.44 bits per heavy atom. The van der Waals surface area contributed by atoms with Crippen LogP contribution in [0.3, 0.4) is 0 Å². The molecule has 0 bridgehead atoms. The molecule has 0 saturated heterocycles. The number of thiocarbonyl (C=S) groups is 1. The van der Waals surface area contributed by atoms with Crippen LogP contribution in [0, 0.1) is 6.92 Å². The number of hydrogen-bond acceptors (Lipinski definition) is 2. The molecule has 1 aromatic rings. The van der Waals surface area contributed by atoms with Crippen LogP contribution in [0.15, 0.2) is 18.2 Å². The Kier molecular flexibility index (Phi) is 5.09. The fourth-order valence-electron chi connectivity index (χ4n) is 1.76. The second-order valence-corrected chi connectivity index (χ2v) is 4.44. The molecular weight excluding hydrogens is 246 g/mol. The Labute approximate surface area is 113 Å². The van der Waals surface area contributed by atoms with E-state index in [9.17, 15) is 4.79 Å². The van der Waals surface area contributed by atoms with Gasteiger partial charge in [0.2, 0.25) is 0 Å². The van der Waals surface area contributed by atoms with Gasteiger partial charge in [0.1, 0.15) is 0 Å². The van der Waals surface area contributed by atoms with E-state index in [-0.39, 0.29) is 11.0 Å². The van der Waals surface area contributed by atoms with Crippen LogP contribution in [-0.2, 0) is 0 Å². The van der Waals surface area contributed by atoms with E-state index in [4.69, 9.17) is 18.0 Å². The average Bonchev–Trinajstić information content (AvgIpc) is 2.32. The van der Waals surface area contributed by atoms with Gasteiger partial charge in [0.15, 0.2) is 5.11 Å². The van der Waals surface area contributed by atoms with Crippen molar-refractivity contribution < 1.29 is 4.79 Å². The van der Waals surface area contributed by atoms with E-state index >= 15 is 0 Å². The lowest BCUT2D eigenvalue weighted by molar-refractivity contribution is 0.0773. The first-order valence-electron chi connectivity index (χ1n) is 5.96. The Balaban J connectivity index is 2.96. The first kappa shape index (κ1) is 14.4. The van der Waals surface area contributed by atoms with Crippen LogP contribution in [0.2, 0.25) is 0 Å². The minimum absolute atomic E-state index is 0.0463. The van der Waals surface area contributed by atoms with E-state index < -0.39 is 0 Å². The molecule has 0 fully saturated rings. The second kappa shape index (κ2) is 6.35. The fraction of sp³-hybridized carbons (Fsp3) is 0.385. The van der Waals surface area contributed by atoms with Crippen molar-refractivity contribution in [2.75, 3.05) is 18.4 Å². The monoisotopic (exact) mass is 265 g/mol. The molecule has 18 heavy (non-hydrogen) atoms. The molecule has 3 N–H and O–H groups in total. The highest BCUT2D eigenvalue weighted by atomic mass is 32.1. The molecule has 0 heterocycles. The van der Waals surface area contributed by atoms with Crippen molar-refractivity contribution in [3.63, 3.8) is 0 Å². The SMILES string of the molecule is CCN(CC)C(=O)c1ccc(NC(N)=S)c(C)c1. The van der Waals surface area contributed by atoms with Crippen molar-refractivity contribution in [3.05, 3.63) is 29.3 Å². The number of aryl methyl sites for hydroxylation is 1. The topological polar surface area (TPSA) is 58.4 Å². The second-order valence-electron chi connectivity index (χ2n) is 4.00. The molecule has 0 aromatic heterocycles. The summed E-state index contributed by atoms with van der Waals surface area (Å²) in [6, 6.07) is 5.46. The number of rotatable bonds is 4. The third-order valence-corrected chi connectivity index (χ3v) is 2.88. The molecule has 0 aliphatic heterocycles. The van der Waals surface area contributed by atoms with Gasteiger partial charge in [-0.15, -0.1) is 0 Å². The zero-order chi connectivity index (χ0) is 13.7. The van der Waals surface area contributed by atoms with Gasteiger partial charge in [0.25, 0.3) is 5.91 Å². The molecule has 0 aliphatic carbocycles. The molecule has 0 unspecified atom stereocenters. The number of amides is 1. The number of nitrogens with one attached hydrogen (secondary N) is 1. The number of carbonyl (C=O) groups is 1. The normalized spacial score (nSPS) is 9.94. The summed E-state index contributed by atoms with van der Waals surface area (Å²) in [6.07, 6.45) is 0. The minimum Gasteiger partial charge on any atom is -0.376 e. The Morgan fingerprint density at radius 2 is 2.00 bits per heavy atom.